The summed E-state index contributed by atoms with van der Waals surface area (Å²) in [7, 11) is 1.67. The van der Waals surface area contributed by atoms with Gasteiger partial charge in [0, 0.05) is 17.3 Å². The number of hydrogen-bond donors (Lipinski definition) is 1. The third-order valence-corrected chi connectivity index (χ3v) is 3.77. The van der Waals surface area contributed by atoms with Crippen LogP contribution in [0.3, 0.4) is 0 Å². The summed E-state index contributed by atoms with van der Waals surface area (Å²) >= 11 is 5.03. The van der Waals surface area contributed by atoms with Crippen LogP contribution in [0.5, 0.6) is 0 Å². The van der Waals surface area contributed by atoms with Crippen molar-refractivity contribution in [3.8, 4) is 0 Å². The first kappa shape index (κ1) is 12.6. The van der Waals surface area contributed by atoms with Crippen LogP contribution in [0.2, 0.25) is 0 Å². The summed E-state index contributed by atoms with van der Waals surface area (Å²) in [6.45, 7) is 1.92. The Morgan fingerprint density at radius 1 is 1.47 bits per heavy atom. The number of amides is 1. The van der Waals surface area contributed by atoms with Crippen LogP contribution in [0.25, 0.3) is 0 Å². The molecule has 0 aliphatic carbocycles. The molecule has 1 aromatic rings. The molecule has 1 atom stereocenters. The highest BCUT2D eigenvalue weighted by atomic mass is 79.9. The van der Waals surface area contributed by atoms with E-state index < -0.39 is 0 Å². The fraction of sp³-hybridized carbons (Fsp3) is 0.364. The Morgan fingerprint density at radius 2 is 2.07 bits per heavy atom. The van der Waals surface area contributed by atoms with Crippen molar-refractivity contribution >= 4 is 33.6 Å². The smallest absolute Gasteiger partial charge is 0.232 e. The summed E-state index contributed by atoms with van der Waals surface area (Å²) in [5.74, 6) is 0.944. The Balaban J connectivity index is 2.43. The molecule has 0 aliphatic rings. The zero-order chi connectivity index (χ0) is 11.3. The third-order valence-electron chi connectivity index (χ3n) is 2.03. The molecule has 0 radical (unpaired) electrons. The molecule has 82 valence electrons. The van der Waals surface area contributed by atoms with E-state index in [2.05, 4.69) is 33.4 Å². The molecule has 0 unspecified atom stereocenters. The van der Waals surface area contributed by atoms with Crippen molar-refractivity contribution in [2.75, 3.05) is 7.05 Å². The molecule has 15 heavy (non-hydrogen) atoms. The lowest BCUT2D eigenvalue weighted by Gasteiger charge is -2.09. The number of hydrogen-bond acceptors (Lipinski definition) is 2. The summed E-state index contributed by atoms with van der Waals surface area (Å²) in [4.78, 5) is 11.2. The minimum atomic E-state index is -0.00125. The molecular weight excluding hydrogens is 274 g/mol. The van der Waals surface area contributed by atoms with E-state index in [4.69, 9.17) is 0 Å². The van der Waals surface area contributed by atoms with Gasteiger partial charge in [0.1, 0.15) is 0 Å². The van der Waals surface area contributed by atoms with E-state index in [1.54, 1.807) is 18.8 Å². The molecule has 0 bridgehead atoms. The first-order valence-corrected chi connectivity index (χ1v) is 6.55. The van der Waals surface area contributed by atoms with Gasteiger partial charge in [-0.3, -0.25) is 4.79 Å². The Morgan fingerprint density at radius 3 is 2.60 bits per heavy atom. The molecule has 0 saturated heterocycles. The number of thioether (sulfide) groups is 1. The Kier molecular flexibility index (Phi) is 5.19. The summed E-state index contributed by atoms with van der Waals surface area (Å²) in [6.07, 6.45) is 0. The van der Waals surface area contributed by atoms with Crippen LogP contribution in [0.4, 0.5) is 0 Å². The molecule has 0 aliphatic heterocycles. The summed E-state index contributed by atoms with van der Waals surface area (Å²) in [5.41, 5.74) is 1.24. The topological polar surface area (TPSA) is 29.1 Å². The van der Waals surface area contributed by atoms with Crippen molar-refractivity contribution in [3.63, 3.8) is 0 Å². The minimum absolute atomic E-state index is 0.00125. The molecule has 0 spiro atoms. The standard InChI is InChI=1S/C11H14BrNOS/c1-8(11(14)13-2)15-7-9-3-5-10(12)6-4-9/h3-6,8H,7H2,1-2H3,(H,13,14)/t8-/m1/s1. The number of nitrogens with one attached hydrogen (secondary N) is 1. The molecule has 2 nitrogen and oxygen atoms in total. The van der Waals surface area contributed by atoms with Gasteiger partial charge in [0.05, 0.1) is 5.25 Å². The van der Waals surface area contributed by atoms with Crippen molar-refractivity contribution < 1.29 is 4.79 Å². The fourth-order valence-electron chi connectivity index (χ4n) is 1.08. The van der Waals surface area contributed by atoms with Crippen LogP contribution >= 0.6 is 27.7 Å². The van der Waals surface area contributed by atoms with Crippen LogP contribution < -0.4 is 5.32 Å². The van der Waals surface area contributed by atoms with E-state index in [9.17, 15) is 4.79 Å². The Labute approximate surface area is 103 Å². The molecule has 1 amide bonds. The van der Waals surface area contributed by atoms with Gasteiger partial charge in [-0.15, -0.1) is 11.8 Å². The number of carbonyl (C=O) groups is 1. The van der Waals surface area contributed by atoms with Gasteiger partial charge in [0.25, 0.3) is 0 Å². The molecule has 1 N–H and O–H groups in total. The van der Waals surface area contributed by atoms with Gasteiger partial charge in [-0.1, -0.05) is 28.1 Å². The van der Waals surface area contributed by atoms with Gasteiger partial charge in [-0.25, -0.2) is 0 Å². The largest absolute Gasteiger partial charge is 0.358 e. The van der Waals surface area contributed by atoms with Crippen LogP contribution in [0, 0.1) is 0 Å². The second-order valence-corrected chi connectivity index (χ2v) is 5.44. The van der Waals surface area contributed by atoms with E-state index in [1.807, 2.05) is 19.1 Å². The lowest BCUT2D eigenvalue weighted by molar-refractivity contribution is -0.119. The molecule has 4 heteroatoms. The maximum atomic E-state index is 11.2. The van der Waals surface area contributed by atoms with Crippen LogP contribution in [-0.4, -0.2) is 18.2 Å². The second-order valence-electron chi connectivity index (χ2n) is 3.19. The molecule has 0 fully saturated rings. The minimum Gasteiger partial charge on any atom is -0.358 e. The SMILES string of the molecule is CNC(=O)[C@@H](C)SCc1ccc(Br)cc1. The zero-order valence-electron chi connectivity index (χ0n) is 8.79. The van der Waals surface area contributed by atoms with E-state index in [0.29, 0.717) is 0 Å². The van der Waals surface area contributed by atoms with Gasteiger partial charge in [0.2, 0.25) is 5.91 Å². The molecular formula is C11H14BrNOS. The molecule has 0 heterocycles. The van der Waals surface area contributed by atoms with Crippen molar-refractivity contribution in [3.05, 3.63) is 34.3 Å². The first-order valence-electron chi connectivity index (χ1n) is 4.71. The van der Waals surface area contributed by atoms with E-state index in [1.165, 1.54) is 5.56 Å². The quantitative estimate of drug-likeness (QED) is 0.923. The highest BCUT2D eigenvalue weighted by molar-refractivity contribution is 9.10. The fourth-order valence-corrected chi connectivity index (χ4v) is 2.25. The van der Waals surface area contributed by atoms with Gasteiger partial charge in [-0.2, -0.15) is 0 Å². The van der Waals surface area contributed by atoms with E-state index in [0.717, 1.165) is 10.2 Å². The Bertz CT molecular complexity index is 326. The molecule has 1 rings (SSSR count). The average molecular weight is 288 g/mol. The van der Waals surface area contributed by atoms with E-state index in [-0.39, 0.29) is 11.2 Å². The van der Waals surface area contributed by atoms with Gasteiger partial charge in [-0.05, 0) is 24.6 Å². The van der Waals surface area contributed by atoms with Gasteiger partial charge < -0.3 is 5.32 Å². The summed E-state index contributed by atoms with van der Waals surface area (Å²) in [6, 6.07) is 8.15. The summed E-state index contributed by atoms with van der Waals surface area (Å²) in [5, 5.41) is 2.64. The highest BCUT2D eigenvalue weighted by Crippen LogP contribution is 2.19. The van der Waals surface area contributed by atoms with Crippen LogP contribution in [0.1, 0.15) is 12.5 Å². The van der Waals surface area contributed by atoms with Crippen molar-refractivity contribution in [2.24, 2.45) is 0 Å². The maximum Gasteiger partial charge on any atom is 0.232 e. The molecule has 1 aromatic carbocycles. The molecule has 0 aromatic heterocycles. The molecule has 0 saturated carbocycles. The van der Waals surface area contributed by atoms with E-state index >= 15 is 0 Å². The number of benzene rings is 1. The second kappa shape index (κ2) is 6.18. The van der Waals surface area contributed by atoms with Crippen molar-refractivity contribution in [2.45, 2.75) is 17.9 Å². The average Bonchev–Trinajstić information content (AvgIpc) is 2.26. The maximum absolute atomic E-state index is 11.2. The highest BCUT2D eigenvalue weighted by Gasteiger charge is 2.10. The summed E-state index contributed by atoms with van der Waals surface area (Å²) < 4.78 is 1.08. The lowest BCUT2D eigenvalue weighted by atomic mass is 10.2. The number of carbonyl (C=O) groups excluding carboxylic acids is 1. The predicted octanol–water partition coefficient (Wildman–Crippen LogP) is 2.82. The zero-order valence-corrected chi connectivity index (χ0v) is 11.2. The monoisotopic (exact) mass is 287 g/mol. The van der Waals surface area contributed by atoms with Gasteiger partial charge in [0.15, 0.2) is 0 Å². The Hall–Kier alpha value is -0.480. The normalized spacial score (nSPS) is 12.2. The third kappa shape index (κ3) is 4.26. The first-order chi connectivity index (χ1) is 7.13. The lowest BCUT2D eigenvalue weighted by Crippen LogP contribution is -2.27. The number of halogens is 1. The van der Waals surface area contributed by atoms with Crippen molar-refractivity contribution in [1.82, 2.24) is 5.32 Å². The number of rotatable bonds is 4. The predicted molar refractivity (Wildman–Crippen MR) is 69.0 cm³/mol. The van der Waals surface area contributed by atoms with Crippen molar-refractivity contribution in [1.29, 1.82) is 0 Å². The van der Waals surface area contributed by atoms with Crippen LogP contribution in [-0.2, 0) is 10.5 Å². The van der Waals surface area contributed by atoms with Crippen LogP contribution in [0.15, 0.2) is 28.7 Å². The van der Waals surface area contributed by atoms with Gasteiger partial charge >= 0.3 is 0 Å².